The summed E-state index contributed by atoms with van der Waals surface area (Å²) in [6.07, 6.45) is -0.405. The first kappa shape index (κ1) is 17.9. The van der Waals surface area contributed by atoms with E-state index in [4.69, 9.17) is 9.47 Å². The number of ether oxygens (including phenoxy) is 2. The van der Waals surface area contributed by atoms with Gasteiger partial charge in [-0.2, -0.15) is 0 Å². The predicted molar refractivity (Wildman–Crippen MR) is 81.1 cm³/mol. The summed E-state index contributed by atoms with van der Waals surface area (Å²) < 4.78 is 10.8. The molecule has 0 amide bonds. The Morgan fingerprint density at radius 2 is 1.70 bits per heavy atom. The lowest BCUT2D eigenvalue weighted by atomic mass is 10.2. The van der Waals surface area contributed by atoms with Crippen molar-refractivity contribution >= 4 is 0 Å². The molecule has 1 rings (SSSR count). The number of rotatable bonds is 7. The summed E-state index contributed by atoms with van der Waals surface area (Å²) in [4.78, 5) is 4.75. The van der Waals surface area contributed by atoms with Gasteiger partial charge < -0.3 is 14.6 Å². The third-order valence-corrected chi connectivity index (χ3v) is 3.62. The van der Waals surface area contributed by atoms with Crippen LogP contribution in [-0.2, 0) is 9.47 Å². The summed E-state index contributed by atoms with van der Waals surface area (Å²) in [6, 6.07) is 0.469. The molecule has 120 valence electrons. The van der Waals surface area contributed by atoms with Gasteiger partial charge in [0.15, 0.2) is 0 Å². The smallest absolute Gasteiger partial charge is 0.0900 e. The zero-order valence-corrected chi connectivity index (χ0v) is 13.8. The standard InChI is InChI=1S/C15H32N2O3/c1-13(11-19-5)17-8-6-16(7-9-17)10-14(18)12-20-15(2,3)4/h13-14,18H,6-12H2,1-5H3. The molecule has 0 aromatic carbocycles. The van der Waals surface area contributed by atoms with Gasteiger partial charge in [0, 0.05) is 45.9 Å². The van der Waals surface area contributed by atoms with Gasteiger partial charge in [-0.3, -0.25) is 9.80 Å². The van der Waals surface area contributed by atoms with E-state index in [0.29, 0.717) is 19.2 Å². The molecule has 0 aliphatic carbocycles. The zero-order valence-electron chi connectivity index (χ0n) is 13.8. The van der Waals surface area contributed by atoms with Crippen LogP contribution in [-0.4, -0.2) is 85.7 Å². The maximum absolute atomic E-state index is 10.0. The molecule has 20 heavy (non-hydrogen) atoms. The highest BCUT2D eigenvalue weighted by atomic mass is 16.5. The molecule has 2 unspecified atom stereocenters. The highest BCUT2D eigenvalue weighted by Gasteiger charge is 2.23. The van der Waals surface area contributed by atoms with Crippen molar-refractivity contribution in [3.8, 4) is 0 Å². The van der Waals surface area contributed by atoms with Gasteiger partial charge in [-0.25, -0.2) is 0 Å². The lowest BCUT2D eigenvalue weighted by molar-refractivity contribution is -0.0597. The molecule has 0 spiro atoms. The molecule has 1 heterocycles. The number of methoxy groups -OCH3 is 1. The molecule has 1 fully saturated rings. The first-order valence-electron chi connectivity index (χ1n) is 7.59. The number of β-amino-alcohol motifs (C(OH)–C–C–N with tert-alkyl or cyclic N) is 1. The molecule has 5 heteroatoms. The summed E-state index contributed by atoms with van der Waals surface area (Å²) in [5.74, 6) is 0. The van der Waals surface area contributed by atoms with Crippen molar-refractivity contribution in [3.63, 3.8) is 0 Å². The van der Waals surface area contributed by atoms with Crippen LogP contribution in [0.2, 0.25) is 0 Å². The molecule has 0 radical (unpaired) electrons. The molecule has 1 saturated heterocycles. The fraction of sp³-hybridized carbons (Fsp3) is 1.00. The van der Waals surface area contributed by atoms with Gasteiger partial charge in [-0.15, -0.1) is 0 Å². The van der Waals surface area contributed by atoms with Crippen LogP contribution in [0.3, 0.4) is 0 Å². The second-order valence-corrected chi connectivity index (χ2v) is 6.72. The molecule has 0 saturated carbocycles. The third-order valence-electron chi connectivity index (χ3n) is 3.62. The summed E-state index contributed by atoms with van der Waals surface area (Å²) in [7, 11) is 1.75. The molecule has 1 aliphatic heterocycles. The highest BCUT2D eigenvalue weighted by molar-refractivity contribution is 4.77. The molecule has 0 aromatic rings. The highest BCUT2D eigenvalue weighted by Crippen LogP contribution is 2.10. The lowest BCUT2D eigenvalue weighted by Gasteiger charge is -2.38. The SMILES string of the molecule is COCC(C)N1CCN(CC(O)COC(C)(C)C)CC1. The van der Waals surface area contributed by atoms with Gasteiger partial charge in [0.05, 0.1) is 24.9 Å². The van der Waals surface area contributed by atoms with Crippen molar-refractivity contribution < 1.29 is 14.6 Å². The van der Waals surface area contributed by atoms with Crippen molar-refractivity contribution in [1.29, 1.82) is 0 Å². The number of aliphatic hydroxyl groups is 1. The molecule has 2 atom stereocenters. The zero-order chi connectivity index (χ0) is 15.2. The summed E-state index contributed by atoms with van der Waals surface area (Å²) in [6.45, 7) is 14.2. The second-order valence-electron chi connectivity index (χ2n) is 6.72. The molecule has 1 aliphatic rings. The normalized spacial score (nSPS) is 21.9. The van der Waals surface area contributed by atoms with Crippen LogP contribution in [0.5, 0.6) is 0 Å². The van der Waals surface area contributed by atoms with Crippen molar-refractivity contribution in [3.05, 3.63) is 0 Å². The maximum atomic E-state index is 10.0. The Kier molecular flexibility index (Phi) is 7.40. The van der Waals surface area contributed by atoms with E-state index in [1.165, 1.54) is 0 Å². The van der Waals surface area contributed by atoms with E-state index in [1.807, 2.05) is 20.8 Å². The van der Waals surface area contributed by atoms with E-state index in [-0.39, 0.29) is 5.60 Å². The Bertz CT molecular complexity index is 260. The van der Waals surface area contributed by atoms with Gasteiger partial charge in [-0.1, -0.05) is 0 Å². The third kappa shape index (κ3) is 6.99. The van der Waals surface area contributed by atoms with E-state index in [2.05, 4.69) is 16.7 Å². The Morgan fingerprint density at radius 1 is 1.10 bits per heavy atom. The fourth-order valence-corrected chi connectivity index (χ4v) is 2.43. The molecule has 0 aromatic heterocycles. The quantitative estimate of drug-likeness (QED) is 0.751. The monoisotopic (exact) mass is 288 g/mol. The van der Waals surface area contributed by atoms with E-state index < -0.39 is 6.10 Å². The Hall–Kier alpha value is -0.200. The molecule has 0 bridgehead atoms. The minimum Gasteiger partial charge on any atom is -0.389 e. The van der Waals surface area contributed by atoms with E-state index in [0.717, 1.165) is 32.8 Å². The fourth-order valence-electron chi connectivity index (χ4n) is 2.43. The van der Waals surface area contributed by atoms with E-state index >= 15 is 0 Å². The van der Waals surface area contributed by atoms with E-state index in [9.17, 15) is 5.11 Å². The van der Waals surface area contributed by atoms with Crippen LogP contribution >= 0.6 is 0 Å². The minimum atomic E-state index is -0.405. The first-order chi connectivity index (χ1) is 9.31. The molecular formula is C15H32N2O3. The van der Waals surface area contributed by atoms with Crippen LogP contribution < -0.4 is 0 Å². The number of nitrogens with zero attached hydrogens (tertiary/aromatic N) is 2. The average Bonchev–Trinajstić information content (AvgIpc) is 2.37. The lowest BCUT2D eigenvalue weighted by Crippen LogP contribution is -2.52. The summed E-state index contributed by atoms with van der Waals surface area (Å²) in [5.41, 5.74) is -0.185. The Morgan fingerprint density at radius 3 is 2.20 bits per heavy atom. The minimum absolute atomic E-state index is 0.185. The summed E-state index contributed by atoms with van der Waals surface area (Å²) >= 11 is 0. The maximum Gasteiger partial charge on any atom is 0.0900 e. The Balaban J connectivity index is 2.21. The van der Waals surface area contributed by atoms with Crippen molar-refractivity contribution in [2.45, 2.75) is 45.4 Å². The summed E-state index contributed by atoms with van der Waals surface area (Å²) in [5, 5.41) is 10.0. The molecular weight excluding hydrogens is 256 g/mol. The predicted octanol–water partition coefficient (Wildman–Crippen LogP) is 0.815. The Labute approximate surface area is 123 Å². The van der Waals surface area contributed by atoms with Crippen LogP contribution in [0.4, 0.5) is 0 Å². The van der Waals surface area contributed by atoms with Gasteiger partial charge in [0.2, 0.25) is 0 Å². The average molecular weight is 288 g/mol. The molecule has 5 nitrogen and oxygen atoms in total. The van der Waals surface area contributed by atoms with Gasteiger partial charge in [0.25, 0.3) is 0 Å². The van der Waals surface area contributed by atoms with Gasteiger partial charge in [-0.05, 0) is 27.7 Å². The number of hydrogen-bond donors (Lipinski definition) is 1. The first-order valence-corrected chi connectivity index (χ1v) is 7.59. The van der Waals surface area contributed by atoms with Crippen LogP contribution in [0.1, 0.15) is 27.7 Å². The van der Waals surface area contributed by atoms with Gasteiger partial charge in [0.1, 0.15) is 0 Å². The van der Waals surface area contributed by atoms with E-state index in [1.54, 1.807) is 7.11 Å². The van der Waals surface area contributed by atoms with Crippen molar-refractivity contribution in [1.82, 2.24) is 9.80 Å². The van der Waals surface area contributed by atoms with Crippen LogP contribution in [0.25, 0.3) is 0 Å². The van der Waals surface area contributed by atoms with Crippen molar-refractivity contribution in [2.24, 2.45) is 0 Å². The van der Waals surface area contributed by atoms with Crippen LogP contribution in [0, 0.1) is 0 Å². The van der Waals surface area contributed by atoms with Crippen molar-refractivity contribution in [2.75, 3.05) is 53.0 Å². The number of aliphatic hydroxyl groups excluding tert-OH is 1. The molecule has 1 N–H and O–H groups in total. The second kappa shape index (κ2) is 8.29. The number of piperazine rings is 1. The van der Waals surface area contributed by atoms with Gasteiger partial charge >= 0.3 is 0 Å². The number of hydrogen-bond acceptors (Lipinski definition) is 5. The largest absolute Gasteiger partial charge is 0.389 e. The topological polar surface area (TPSA) is 45.2 Å². The van der Waals surface area contributed by atoms with Crippen LogP contribution in [0.15, 0.2) is 0 Å².